The summed E-state index contributed by atoms with van der Waals surface area (Å²) in [5, 5.41) is 10.3. The average Bonchev–Trinajstić information content (AvgIpc) is 2.38. The first kappa shape index (κ1) is 12.9. The van der Waals surface area contributed by atoms with Crippen LogP contribution in [0.15, 0.2) is 12.1 Å². The zero-order chi connectivity index (χ0) is 13.7. The minimum absolute atomic E-state index is 0.184. The lowest BCUT2D eigenvalue weighted by Gasteiger charge is -2.51. The van der Waals surface area contributed by atoms with E-state index in [1.165, 1.54) is 16.7 Å². The van der Waals surface area contributed by atoms with Gasteiger partial charge in [0.2, 0.25) is 0 Å². The molecular weight excluding hydrogens is 240 g/mol. The van der Waals surface area contributed by atoms with Gasteiger partial charge in [-0.15, -0.1) is 0 Å². The normalized spacial score (nSPS) is 31.1. The predicted molar refractivity (Wildman–Crippen MR) is 74.4 cm³/mol. The summed E-state index contributed by atoms with van der Waals surface area (Å²) in [6.45, 7) is 2.93. The molecule has 4 heteroatoms. The maximum absolute atomic E-state index is 10.3. The van der Waals surface area contributed by atoms with Crippen LogP contribution < -0.4 is 4.74 Å². The number of ether oxygens (including phenoxy) is 1. The number of hydrogen-bond donors (Lipinski definition) is 1. The van der Waals surface area contributed by atoms with Gasteiger partial charge in [0.1, 0.15) is 12.0 Å². The molecule has 0 radical (unpaired) electrons. The third kappa shape index (κ3) is 1.86. The van der Waals surface area contributed by atoms with Crippen LogP contribution in [-0.4, -0.2) is 54.9 Å². The van der Waals surface area contributed by atoms with E-state index < -0.39 is 0 Å². The molecule has 3 rings (SSSR count). The number of rotatable bonds is 1. The SMILES string of the molecule is COc1cc2c(cc1C)CC1C(O)N(C)CC2N1C. The van der Waals surface area contributed by atoms with E-state index >= 15 is 0 Å². The summed E-state index contributed by atoms with van der Waals surface area (Å²) in [4.78, 5) is 4.35. The van der Waals surface area contributed by atoms with Gasteiger partial charge in [-0.3, -0.25) is 9.80 Å². The van der Waals surface area contributed by atoms with Crippen molar-refractivity contribution in [2.24, 2.45) is 0 Å². The van der Waals surface area contributed by atoms with E-state index in [1.54, 1.807) is 7.11 Å². The summed E-state index contributed by atoms with van der Waals surface area (Å²) in [5.41, 5.74) is 3.88. The van der Waals surface area contributed by atoms with E-state index in [0.29, 0.717) is 6.04 Å². The van der Waals surface area contributed by atoms with Crippen LogP contribution in [0.3, 0.4) is 0 Å². The lowest BCUT2D eigenvalue weighted by atomic mass is 9.84. The molecule has 1 fully saturated rings. The number of aliphatic hydroxyl groups is 1. The van der Waals surface area contributed by atoms with Gasteiger partial charge in [0.05, 0.1) is 13.2 Å². The van der Waals surface area contributed by atoms with E-state index in [1.807, 2.05) is 11.9 Å². The Bertz CT molecular complexity index is 503. The van der Waals surface area contributed by atoms with Crippen molar-refractivity contribution in [3.05, 3.63) is 28.8 Å². The highest BCUT2D eigenvalue weighted by Gasteiger charge is 2.42. The van der Waals surface area contributed by atoms with Crippen molar-refractivity contribution in [1.29, 1.82) is 0 Å². The fourth-order valence-electron chi connectivity index (χ4n) is 3.51. The second-order valence-corrected chi connectivity index (χ2v) is 5.83. The molecule has 0 spiro atoms. The number of aryl methyl sites for hydroxylation is 1. The van der Waals surface area contributed by atoms with Crippen LogP contribution in [0.2, 0.25) is 0 Å². The van der Waals surface area contributed by atoms with E-state index in [2.05, 4.69) is 31.0 Å². The molecule has 19 heavy (non-hydrogen) atoms. The monoisotopic (exact) mass is 262 g/mol. The van der Waals surface area contributed by atoms with Gasteiger partial charge < -0.3 is 9.84 Å². The lowest BCUT2D eigenvalue weighted by Crippen LogP contribution is -2.61. The highest BCUT2D eigenvalue weighted by molar-refractivity contribution is 5.45. The molecular formula is C15H22N2O2. The highest BCUT2D eigenvalue weighted by atomic mass is 16.5. The third-order valence-electron chi connectivity index (χ3n) is 4.72. The number of benzene rings is 1. The van der Waals surface area contributed by atoms with Crippen molar-refractivity contribution in [3.8, 4) is 5.75 Å². The van der Waals surface area contributed by atoms with Gasteiger partial charge in [0.15, 0.2) is 0 Å². The van der Waals surface area contributed by atoms with Crippen molar-refractivity contribution in [2.75, 3.05) is 27.7 Å². The van der Waals surface area contributed by atoms with E-state index in [0.717, 1.165) is 18.7 Å². The molecule has 0 amide bonds. The smallest absolute Gasteiger partial charge is 0.123 e. The van der Waals surface area contributed by atoms with Gasteiger partial charge in [-0.05, 0) is 50.2 Å². The van der Waals surface area contributed by atoms with Gasteiger partial charge in [0, 0.05) is 12.6 Å². The van der Waals surface area contributed by atoms with Crippen molar-refractivity contribution in [2.45, 2.75) is 31.7 Å². The van der Waals surface area contributed by atoms with Crippen LogP contribution >= 0.6 is 0 Å². The third-order valence-corrected chi connectivity index (χ3v) is 4.72. The van der Waals surface area contributed by atoms with Crippen LogP contribution in [0.4, 0.5) is 0 Å². The van der Waals surface area contributed by atoms with Crippen LogP contribution in [0.1, 0.15) is 22.7 Å². The van der Waals surface area contributed by atoms with Crippen LogP contribution in [0, 0.1) is 6.92 Å². The van der Waals surface area contributed by atoms with Crippen molar-refractivity contribution < 1.29 is 9.84 Å². The van der Waals surface area contributed by atoms with Crippen molar-refractivity contribution in [3.63, 3.8) is 0 Å². The summed E-state index contributed by atoms with van der Waals surface area (Å²) in [6.07, 6.45) is 0.524. The van der Waals surface area contributed by atoms with Gasteiger partial charge >= 0.3 is 0 Å². The molecule has 0 aliphatic carbocycles. The van der Waals surface area contributed by atoms with E-state index in [9.17, 15) is 5.11 Å². The number of methoxy groups -OCH3 is 1. The second kappa shape index (κ2) is 4.47. The molecule has 1 aromatic carbocycles. The molecule has 0 aromatic heterocycles. The number of fused-ring (bicyclic) bond motifs is 4. The maximum atomic E-state index is 10.3. The Morgan fingerprint density at radius 1 is 1.32 bits per heavy atom. The summed E-state index contributed by atoms with van der Waals surface area (Å²) in [7, 11) is 5.83. The molecule has 2 aliphatic heterocycles. The Labute approximate surface area is 114 Å². The summed E-state index contributed by atoms with van der Waals surface area (Å²) in [5.74, 6) is 0.958. The predicted octanol–water partition coefficient (Wildman–Crippen LogP) is 1.17. The molecule has 4 nitrogen and oxygen atoms in total. The fourth-order valence-corrected chi connectivity index (χ4v) is 3.51. The second-order valence-electron chi connectivity index (χ2n) is 5.83. The molecule has 1 N–H and O–H groups in total. The van der Waals surface area contributed by atoms with Crippen molar-refractivity contribution >= 4 is 0 Å². The Kier molecular flexibility index (Phi) is 3.04. The van der Waals surface area contributed by atoms with E-state index in [-0.39, 0.29) is 12.3 Å². The molecule has 3 atom stereocenters. The van der Waals surface area contributed by atoms with Crippen molar-refractivity contribution in [1.82, 2.24) is 9.80 Å². The molecule has 0 saturated carbocycles. The fraction of sp³-hybridized carbons (Fsp3) is 0.600. The highest BCUT2D eigenvalue weighted by Crippen LogP contribution is 2.40. The summed E-state index contributed by atoms with van der Waals surface area (Å²) < 4.78 is 5.45. The molecule has 1 saturated heterocycles. The molecule has 104 valence electrons. The Morgan fingerprint density at radius 2 is 2.05 bits per heavy atom. The Balaban J connectivity index is 2.08. The summed E-state index contributed by atoms with van der Waals surface area (Å²) >= 11 is 0. The molecule has 2 aliphatic rings. The van der Waals surface area contributed by atoms with Gasteiger partial charge in [-0.2, -0.15) is 0 Å². The number of likely N-dealkylation sites (N-methyl/N-ethyl adjacent to an activating group) is 2. The number of piperazine rings is 1. The first-order valence-corrected chi connectivity index (χ1v) is 6.80. The number of hydrogen-bond acceptors (Lipinski definition) is 4. The first-order valence-electron chi connectivity index (χ1n) is 6.80. The van der Waals surface area contributed by atoms with Gasteiger partial charge in [-0.1, -0.05) is 6.07 Å². The first-order chi connectivity index (χ1) is 9.02. The minimum Gasteiger partial charge on any atom is -0.496 e. The quantitative estimate of drug-likeness (QED) is 0.824. The molecule has 2 heterocycles. The molecule has 1 aromatic rings. The zero-order valence-electron chi connectivity index (χ0n) is 12.1. The van der Waals surface area contributed by atoms with Crippen LogP contribution in [0.5, 0.6) is 5.75 Å². The van der Waals surface area contributed by atoms with Crippen LogP contribution in [0.25, 0.3) is 0 Å². The number of nitrogens with zero attached hydrogens (tertiary/aromatic N) is 2. The van der Waals surface area contributed by atoms with Gasteiger partial charge in [-0.25, -0.2) is 0 Å². The maximum Gasteiger partial charge on any atom is 0.123 e. The van der Waals surface area contributed by atoms with E-state index in [4.69, 9.17) is 4.74 Å². The topological polar surface area (TPSA) is 35.9 Å². The number of aliphatic hydroxyl groups excluding tert-OH is 1. The lowest BCUT2D eigenvalue weighted by molar-refractivity contribution is -0.107. The van der Waals surface area contributed by atoms with Crippen LogP contribution in [-0.2, 0) is 6.42 Å². The Morgan fingerprint density at radius 3 is 2.74 bits per heavy atom. The average molecular weight is 262 g/mol. The molecule has 2 bridgehead atoms. The largest absolute Gasteiger partial charge is 0.496 e. The molecule has 3 unspecified atom stereocenters. The van der Waals surface area contributed by atoms with Gasteiger partial charge in [0.25, 0.3) is 0 Å². The minimum atomic E-state index is -0.378. The summed E-state index contributed by atoms with van der Waals surface area (Å²) in [6, 6.07) is 4.92. The standard InChI is InChI=1S/C15H22N2O2/c1-9-5-10-6-12-15(18)16(2)8-13(17(12)3)11(10)7-14(9)19-4/h5,7,12-13,15,18H,6,8H2,1-4H3. The Hall–Kier alpha value is -1.10. The zero-order valence-corrected chi connectivity index (χ0v) is 12.1.